The highest BCUT2D eigenvalue weighted by atomic mass is 32.2. The summed E-state index contributed by atoms with van der Waals surface area (Å²) in [4.78, 5) is 11.8. The number of unbranched alkanes of at least 4 members (excludes halogenated alkanes) is 2. The summed E-state index contributed by atoms with van der Waals surface area (Å²) in [7, 11) is 0. The molecular weight excluding hydrogens is 284 g/mol. The second-order valence-corrected chi connectivity index (χ2v) is 7.93. The summed E-state index contributed by atoms with van der Waals surface area (Å²) in [6, 6.07) is 0. The number of rotatable bonds is 5. The lowest BCUT2D eigenvalue weighted by atomic mass is 9.89. The summed E-state index contributed by atoms with van der Waals surface area (Å²) < 4.78 is 0. The average Bonchev–Trinajstić information content (AvgIpc) is 2.81. The molecular formula is C16H22N2S2. The molecule has 1 aliphatic carbocycles. The Hall–Kier alpha value is -0.610. The summed E-state index contributed by atoms with van der Waals surface area (Å²) in [6.07, 6.45) is 9.40. The van der Waals surface area contributed by atoms with Gasteiger partial charge in [0.05, 0.1) is 0 Å². The smallest absolute Gasteiger partial charge is 0.128 e. The molecule has 2 aromatic heterocycles. The molecule has 3 rings (SSSR count). The van der Waals surface area contributed by atoms with E-state index in [0.717, 1.165) is 5.92 Å². The molecule has 0 saturated heterocycles. The Morgan fingerprint density at radius 1 is 1.35 bits per heavy atom. The van der Waals surface area contributed by atoms with Crippen molar-refractivity contribution in [2.75, 3.05) is 5.75 Å². The van der Waals surface area contributed by atoms with E-state index < -0.39 is 0 Å². The Morgan fingerprint density at radius 2 is 2.25 bits per heavy atom. The fourth-order valence-corrected chi connectivity index (χ4v) is 5.32. The highest BCUT2D eigenvalue weighted by Crippen LogP contribution is 2.40. The molecule has 108 valence electrons. The van der Waals surface area contributed by atoms with E-state index in [4.69, 9.17) is 0 Å². The van der Waals surface area contributed by atoms with Gasteiger partial charge in [-0.05, 0) is 42.9 Å². The highest BCUT2D eigenvalue weighted by molar-refractivity contribution is 7.99. The minimum absolute atomic E-state index is 0.823. The first kappa shape index (κ1) is 14.3. The van der Waals surface area contributed by atoms with Crippen LogP contribution in [0.2, 0.25) is 0 Å². The van der Waals surface area contributed by atoms with Crippen molar-refractivity contribution in [3.05, 3.63) is 16.8 Å². The summed E-state index contributed by atoms with van der Waals surface area (Å²) >= 11 is 3.82. The van der Waals surface area contributed by atoms with Crippen LogP contribution in [0, 0.1) is 5.92 Å². The first-order valence-electron chi connectivity index (χ1n) is 7.67. The van der Waals surface area contributed by atoms with Crippen molar-refractivity contribution in [3.63, 3.8) is 0 Å². The number of fused-ring (bicyclic) bond motifs is 3. The maximum absolute atomic E-state index is 4.56. The van der Waals surface area contributed by atoms with Crippen molar-refractivity contribution in [1.82, 2.24) is 9.97 Å². The van der Waals surface area contributed by atoms with E-state index in [-0.39, 0.29) is 0 Å². The van der Waals surface area contributed by atoms with Crippen molar-refractivity contribution in [1.29, 1.82) is 0 Å². The maximum atomic E-state index is 4.56. The molecule has 0 amide bonds. The standard InChI is InChI=1S/C16H22N2S2/c1-3-4-5-8-19-15-14-12-7-6-11(2)9-13(12)20-16(14)18-10-17-15/h10-11H,3-9H2,1-2H3. The first-order valence-corrected chi connectivity index (χ1v) is 9.47. The SMILES string of the molecule is CCCCCSc1ncnc2sc3c(c12)CCC(C)C3. The molecule has 0 aromatic carbocycles. The Morgan fingerprint density at radius 3 is 3.10 bits per heavy atom. The van der Waals surface area contributed by atoms with Gasteiger partial charge in [0.1, 0.15) is 16.2 Å². The normalized spacial score (nSPS) is 18.4. The van der Waals surface area contributed by atoms with Gasteiger partial charge in [0, 0.05) is 10.3 Å². The molecule has 2 heterocycles. The second kappa shape index (κ2) is 6.44. The Labute approximate surface area is 129 Å². The van der Waals surface area contributed by atoms with E-state index in [1.807, 2.05) is 23.1 Å². The monoisotopic (exact) mass is 306 g/mol. The first-order chi connectivity index (χ1) is 9.79. The lowest BCUT2D eigenvalue weighted by Gasteiger charge is -2.18. The molecule has 2 aromatic rings. The van der Waals surface area contributed by atoms with E-state index in [2.05, 4.69) is 23.8 Å². The predicted molar refractivity (Wildman–Crippen MR) is 88.9 cm³/mol. The van der Waals surface area contributed by atoms with Crippen LogP contribution < -0.4 is 0 Å². The van der Waals surface area contributed by atoms with E-state index in [9.17, 15) is 0 Å². The molecule has 0 aliphatic heterocycles. The van der Waals surface area contributed by atoms with Crippen molar-refractivity contribution >= 4 is 33.3 Å². The van der Waals surface area contributed by atoms with Crippen LogP contribution in [0.4, 0.5) is 0 Å². The molecule has 0 spiro atoms. The molecule has 1 atom stereocenters. The van der Waals surface area contributed by atoms with Gasteiger partial charge < -0.3 is 0 Å². The number of hydrogen-bond acceptors (Lipinski definition) is 4. The zero-order valence-corrected chi connectivity index (χ0v) is 13.9. The van der Waals surface area contributed by atoms with Crippen LogP contribution in [0.5, 0.6) is 0 Å². The van der Waals surface area contributed by atoms with Gasteiger partial charge in [-0.3, -0.25) is 0 Å². The predicted octanol–water partition coefficient (Wildman–Crippen LogP) is 5.10. The molecule has 0 saturated carbocycles. The van der Waals surface area contributed by atoms with Gasteiger partial charge in [0.25, 0.3) is 0 Å². The number of thioether (sulfide) groups is 1. The molecule has 1 unspecified atom stereocenters. The minimum atomic E-state index is 0.823. The molecule has 20 heavy (non-hydrogen) atoms. The number of aromatic nitrogens is 2. The van der Waals surface area contributed by atoms with Crippen molar-refractivity contribution in [3.8, 4) is 0 Å². The summed E-state index contributed by atoms with van der Waals surface area (Å²) in [5.74, 6) is 2.00. The van der Waals surface area contributed by atoms with E-state index in [1.165, 1.54) is 59.5 Å². The summed E-state index contributed by atoms with van der Waals surface area (Å²) in [5.41, 5.74) is 1.56. The fourth-order valence-electron chi connectivity index (χ4n) is 2.88. The number of aryl methyl sites for hydroxylation is 1. The summed E-state index contributed by atoms with van der Waals surface area (Å²) in [5, 5.41) is 2.60. The quantitative estimate of drug-likeness (QED) is 0.437. The van der Waals surface area contributed by atoms with Gasteiger partial charge in [-0.15, -0.1) is 23.1 Å². The Balaban J connectivity index is 1.89. The topological polar surface area (TPSA) is 25.8 Å². The van der Waals surface area contributed by atoms with Crippen LogP contribution in [0.3, 0.4) is 0 Å². The number of hydrogen-bond donors (Lipinski definition) is 0. The van der Waals surface area contributed by atoms with Crippen LogP contribution in [-0.4, -0.2) is 15.7 Å². The third-order valence-corrected chi connectivity index (χ3v) is 6.28. The van der Waals surface area contributed by atoms with E-state index in [1.54, 1.807) is 16.8 Å². The second-order valence-electron chi connectivity index (χ2n) is 5.77. The lowest BCUT2D eigenvalue weighted by Crippen LogP contribution is -2.08. The lowest BCUT2D eigenvalue weighted by molar-refractivity contribution is 0.509. The van der Waals surface area contributed by atoms with Gasteiger partial charge >= 0.3 is 0 Å². The number of nitrogens with zero attached hydrogens (tertiary/aromatic N) is 2. The highest BCUT2D eigenvalue weighted by Gasteiger charge is 2.22. The van der Waals surface area contributed by atoms with Crippen LogP contribution in [0.15, 0.2) is 11.4 Å². The Bertz CT molecular complexity index is 591. The van der Waals surface area contributed by atoms with Gasteiger partial charge in [-0.25, -0.2) is 9.97 Å². The molecule has 4 heteroatoms. The summed E-state index contributed by atoms with van der Waals surface area (Å²) in [6.45, 7) is 4.61. The molecule has 0 bridgehead atoms. The van der Waals surface area contributed by atoms with Crippen LogP contribution in [0.1, 0.15) is 50.0 Å². The zero-order chi connectivity index (χ0) is 13.9. The third-order valence-electron chi connectivity index (χ3n) is 4.04. The Kier molecular flexibility index (Phi) is 4.61. The van der Waals surface area contributed by atoms with Gasteiger partial charge in [0.15, 0.2) is 0 Å². The molecule has 0 radical (unpaired) electrons. The maximum Gasteiger partial charge on any atom is 0.128 e. The van der Waals surface area contributed by atoms with Crippen LogP contribution in [0.25, 0.3) is 10.2 Å². The molecule has 1 aliphatic rings. The van der Waals surface area contributed by atoms with Crippen LogP contribution in [-0.2, 0) is 12.8 Å². The zero-order valence-electron chi connectivity index (χ0n) is 12.3. The van der Waals surface area contributed by atoms with Crippen molar-refractivity contribution < 1.29 is 0 Å². The number of thiophene rings is 1. The van der Waals surface area contributed by atoms with Gasteiger partial charge in [0.2, 0.25) is 0 Å². The van der Waals surface area contributed by atoms with Crippen LogP contribution >= 0.6 is 23.1 Å². The third kappa shape index (κ3) is 2.86. The van der Waals surface area contributed by atoms with E-state index >= 15 is 0 Å². The average molecular weight is 307 g/mol. The molecule has 0 N–H and O–H groups in total. The van der Waals surface area contributed by atoms with Crippen molar-refractivity contribution in [2.24, 2.45) is 5.92 Å². The van der Waals surface area contributed by atoms with Gasteiger partial charge in [-0.2, -0.15) is 0 Å². The minimum Gasteiger partial charge on any atom is -0.229 e. The molecule has 0 fully saturated rings. The van der Waals surface area contributed by atoms with Gasteiger partial charge in [-0.1, -0.05) is 26.7 Å². The largest absolute Gasteiger partial charge is 0.229 e. The molecule has 2 nitrogen and oxygen atoms in total. The fraction of sp³-hybridized carbons (Fsp3) is 0.625. The van der Waals surface area contributed by atoms with E-state index in [0.29, 0.717) is 0 Å². The van der Waals surface area contributed by atoms with Crippen molar-refractivity contribution in [2.45, 2.75) is 57.4 Å².